The average molecular weight is 370 g/mol. The van der Waals surface area contributed by atoms with Crippen LogP contribution in [0, 0.1) is 11.2 Å². The highest BCUT2D eigenvalue weighted by atomic mass is 19.1. The van der Waals surface area contributed by atoms with E-state index < -0.39 is 5.82 Å². The first-order valence-corrected chi connectivity index (χ1v) is 8.33. The Labute approximate surface area is 157 Å². The topological polar surface area (TPSA) is 115 Å². The molecule has 7 nitrogen and oxygen atoms in total. The van der Waals surface area contributed by atoms with Crippen molar-refractivity contribution in [2.24, 2.45) is 15.7 Å². The van der Waals surface area contributed by atoms with Gasteiger partial charge in [-0.05, 0) is 43.5 Å². The number of halogens is 1. The molecule has 1 heterocycles. The average Bonchev–Trinajstić information content (AvgIpc) is 2.67. The first-order valence-electron chi connectivity index (χ1n) is 8.33. The second-order valence-corrected chi connectivity index (χ2v) is 5.45. The zero-order valence-electron chi connectivity index (χ0n) is 15.3. The summed E-state index contributed by atoms with van der Waals surface area (Å²) in [7, 11) is 1.47. The number of nitrogens with two attached hydrogens (primary N) is 2. The quantitative estimate of drug-likeness (QED) is 0.512. The number of nitrogens with zero attached hydrogens (tertiary/aromatic N) is 3. The first kappa shape index (κ1) is 19.9. The molecule has 0 saturated carbocycles. The number of ether oxygens (including phenoxy) is 1. The van der Waals surface area contributed by atoms with Crippen LogP contribution in [-0.4, -0.2) is 30.3 Å². The van der Waals surface area contributed by atoms with Crippen molar-refractivity contribution in [3.05, 3.63) is 65.0 Å². The van der Waals surface area contributed by atoms with E-state index >= 15 is 0 Å². The maximum absolute atomic E-state index is 14.1. The van der Waals surface area contributed by atoms with Gasteiger partial charge in [-0.3, -0.25) is 20.0 Å². The Hall–Kier alpha value is -3.42. The van der Waals surface area contributed by atoms with Gasteiger partial charge in [0, 0.05) is 12.1 Å². The molecule has 2 rings (SSSR count). The molecular weight excluding hydrogens is 347 g/mol. The van der Waals surface area contributed by atoms with E-state index in [2.05, 4.69) is 9.98 Å². The maximum Gasteiger partial charge on any atom is 0.134 e. The molecule has 0 amide bonds. The van der Waals surface area contributed by atoms with Gasteiger partial charge in [-0.2, -0.15) is 0 Å². The number of benzene rings is 1. The van der Waals surface area contributed by atoms with Crippen molar-refractivity contribution in [1.82, 2.24) is 4.57 Å². The van der Waals surface area contributed by atoms with Crippen molar-refractivity contribution in [1.29, 1.82) is 5.41 Å². The zero-order valence-corrected chi connectivity index (χ0v) is 15.3. The Kier molecular flexibility index (Phi) is 6.87. The molecule has 27 heavy (non-hydrogen) atoms. The number of hydrogen-bond acceptors (Lipinski definition) is 6. The van der Waals surface area contributed by atoms with Crippen LogP contribution < -0.4 is 21.7 Å². The third-order valence-electron chi connectivity index (χ3n) is 3.86. The summed E-state index contributed by atoms with van der Waals surface area (Å²) in [5, 5.41) is 7.69. The second kappa shape index (κ2) is 9.33. The monoisotopic (exact) mass is 370 g/mol. The molecule has 0 aliphatic rings. The molecule has 0 atom stereocenters. The van der Waals surface area contributed by atoms with Gasteiger partial charge >= 0.3 is 0 Å². The van der Waals surface area contributed by atoms with Crippen molar-refractivity contribution < 1.29 is 9.13 Å². The van der Waals surface area contributed by atoms with E-state index in [1.807, 2.05) is 6.92 Å². The Morgan fingerprint density at radius 3 is 2.74 bits per heavy atom. The number of allylic oxidation sites excluding steroid dienone is 1. The second-order valence-electron chi connectivity index (χ2n) is 5.45. The van der Waals surface area contributed by atoms with Crippen LogP contribution in [0.1, 0.15) is 18.1 Å². The van der Waals surface area contributed by atoms with E-state index in [1.165, 1.54) is 23.9 Å². The van der Waals surface area contributed by atoms with Crippen molar-refractivity contribution in [2.45, 2.75) is 13.5 Å². The number of hydrogen-bond donors (Lipinski definition) is 3. The standard InChI is InChI=1S/C19H23FN6O/c1-3-24-16(9-10-21)13-7-8-18(26(12-22)19(13)23)25-11-14-15(20)5-4-6-17(14)27-2/h4-10,12,22H,3,11,21,23H2,1-2H3. The van der Waals surface area contributed by atoms with Gasteiger partial charge in [0.1, 0.15) is 22.9 Å². The van der Waals surface area contributed by atoms with E-state index in [1.54, 1.807) is 30.3 Å². The molecule has 8 heteroatoms. The molecular formula is C19H23FN6O. The smallest absolute Gasteiger partial charge is 0.134 e. The molecule has 0 saturated heterocycles. The highest BCUT2D eigenvalue weighted by molar-refractivity contribution is 6.11. The molecule has 0 fully saturated rings. The summed E-state index contributed by atoms with van der Waals surface area (Å²) in [6.45, 7) is 2.50. The number of nitrogen functional groups attached to an aromatic ring is 1. The fourth-order valence-electron chi connectivity index (χ4n) is 2.59. The van der Waals surface area contributed by atoms with Gasteiger partial charge in [-0.1, -0.05) is 6.07 Å². The minimum absolute atomic E-state index is 0.0427. The zero-order chi connectivity index (χ0) is 19.8. The van der Waals surface area contributed by atoms with E-state index in [-0.39, 0.29) is 12.4 Å². The molecule has 142 valence electrons. The molecule has 0 unspecified atom stereocenters. The number of methoxy groups -OCH3 is 1. The minimum Gasteiger partial charge on any atom is -0.496 e. The van der Waals surface area contributed by atoms with Crippen molar-refractivity contribution in [2.75, 3.05) is 19.4 Å². The van der Waals surface area contributed by atoms with Crippen molar-refractivity contribution in [3.63, 3.8) is 0 Å². The highest BCUT2D eigenvalue weighted by Gasteiger charge is 2.11. The molecule has 5 N–H and O–H groups in total. The van der Waals surface area contributed by atoms with E-state index in [0.29, 0.717) is 34.6 Å². The molecule has 0 aliphatic heterocycles. The molecule has 2 aromatic rings. The van der Waals surface area contributed by atoms with Gasteiger partial charge < -0.3 is 16.2 Å². The lowest BCUT2D eigenvalue weighted by Crippen LogP contribution is -2.25. The Bertz CT molecular complexity index is 946. The minimum atomic E-state index is -0.408. The summed E-state index contributed by atoms with van der Waals surface area (Å²) in [6.07, 6.45) is 4.07. The highest BCUT2D eigenvalue weighted by Crippen LogP contribution is 2.21. The SMILES string of the molecule is CCN=C(C=CN)c1ccc(=NCc2c(F)cccc2OC)n(C=N)c1N. The lowest BCUT2D eigenvalue weighted by Gasteiger charge is -2.12. The predicted octanol–water partition coefficient (Wildman–Crippen LogP) is 2.06. The first-order chi connectivity index (χ1) is 13.1. The maximum atomic E-state index is 14.1. The molecule has 0 spiro atoms. The molecule has 0 radical (unpaired) electrons. The van der Waals surface area contributed by atoms with Crippen LogP contribution in [0.5, 0.6) is 5.75 Å². The van der Waals surface area contributed by atoms with Crippen LogP contribution >= 0.6 is 0 Å². The van der Waals surface area contributed by atoms with Crippen LogP contribution in [0.4, 0.5) is 10.2 Å². The number of pyridine rings is 1. The Morgan fingerprint density at radius 1 is 1.33 bits per heavy atom. The van der Waals surface area contributed by atoms with E-state index in [9.17, 15) is 4.39 Å². The third kappa shape index (κ3) is 4.41. The number of aromatic nitrogens is 1. The van der Waals surface area contributed by atoms with E-state index in [0.717, 1.165) is 6.34 Å². The lowest BCUT2D eigenvalue weighted by molar-refractivity contribution is 0.404. The fraction of sp³-hybridized carbons (Fsp3) is 0.211. The number of nitrogens with one attached hydrogen (secondary N) is 1. The van der Waals surface area contributed by atoms with Gasteiger partial charge in [0.25, 0.3) is 0 Å². The van der Waals surface area contributed by atoms with Gasteiger partial charge in [0.2, 0.25) is 0 Å². The largest absolute Gasteiger partial charge is 0.496 e. The third-order valence-corrected chi connectivity index (χ3v) is 3.86. The van der Waals surface area contributed by atoms with Crippen LogP contribution in [-0.2, 0) is 6.54 Å². The Balaban J connectivity index is 2.54. The van der Waals surface area contributed by atoms with Crippen molar-refractivity contribution in [3.8, 4) is 5.75 Å². The lowest BCUT2D eigenvalue weighted by atomic mass is 10.1. The van der Waals surface area contributed by atoms with Crippen molar-refractivity contribution >= 4 is 17.9 Å². The summed E-state index contributed by atoms with van der Waals surface area (Å²) in [5.41, 5.74) is 13.7. The molecule has 1 aromatic heterocycles. The summed E-state index contributed by atoms with van der Waals surface area (Å²) in [5.74, 6) is 0.293. The molecule has 0 bridgehead atoms. The number of rotatable bonds is 7. The van der Waals surface area contributed by atoms with Gasteiger partial charge in [-0.25, -0.2) is 4.39 Å². The van der Waals surface area contributed by atoms with E-state index in [4.69, 9.17) is 21.6 Å². The Morgan fingerprint density at radius 2 is 2.11 bits per heavy atom. The van der Waals surface area contributed by atoms with Gasteiger partial charge in [-0.15, -0.1) is 0 Å². The summed E-state index contributed by atoms with van der Waals surface area (Å²) in [6, 6.07) is 8.04. The predicted molar refractivity (Wildman–Crippen MR) is 106 cm³/mol. The van der Waals surface area contributed by atoms with Crippen LogP contribution in [0.15, 0.2) is 52.6 Å². The number of anilines is 1. The van der Waals surface area contributed by atoms with Crippen LogP contribution in [0.3, 0.4) is 0 Å². The molecule has 1 aromatic carbocycles. The van der Waals surface area contributed by atoms with Crippen LogP contribution in [0.2, 0.25) is 0 Å². The summed E-state index contributed by atoms with van der Waals surface area (Å²) >= 11 is 0. The summed E-state index contributed by atoms with van der Waals surface area (Å²) in [4.78, 5) is 8.76. The van der Waals surface area contributed by atoms with Crippen LogP contribution in [0.25, 0.3) is 0 Å². The summed E-state index contributed by atoms with van der Waals surface area (Å²) < 4.78 is 20.7. The van der Waals surface area contributed by atoms with Gasteiger partial charge in [0.05, 0.1) is 31.3 Å². The number of aliphatic imine (C=N–C) groups is 1. The normalized spacial score (nSPS) is 12.6. The van der Waals surface area contributed by atoms with Gasteiger partial charge in [0.15, 0.2) is 0 Å². The fourth-order valence-corrected chi connectivity index (χ4v) is 2.59. The molecule has 0 aliphatic carbocycles.